The van der Waals surface area contributed by atoms with Crippen molar-refractivity contribution in [3.8, 4) is 0 Å². The zero-order valence-corrected chi connectivity index (χ0v) is 7.86. The number of nitrogens with zero attached hydrogens (tertiary/aromatic N) is 2. The van der Waals surface area contributed by atoms with Crippen molar-refractivity contribution in [1.82, 2.24) is 10.3 Å². The number of hydrogen-bond donors (Lipinski definition) is 1. The minimum atomic E-state index is -4.16. The van der Waals surface area contributed by atoms with E-state index in [-0.39, 0.29) is 11.0 Å². The third-order valence-corrected chi connectivity index (χ3v) is 2.85. The van der Waals surface area contributed by atoms with E-state index in [1.165, 1.54) is 0 Å². The van der Waals surface area contributed by atoms with E-state index in [9.17, 15) is 12.8 Å². The molecule has 0 spiro atoms. The van der Waals surface area contributed by atoms with Crippen LogP contribution in [0.2, 0.25) is 0 Å². The minimum Gasteiger partial charge on any atom is -0.243 e. The molecule has 0 unspecified atom stereocenters. The lowest BCUT2D eigenvalue weighted by atomic mass is 10.3. The highest BCUT2D eigenvalue weighted by atomic mass is 32.2. The van der Waals surface area contributed by atoms with E-state index in [1.807, 2.05) is 0 Å². The van der Waals surface area contributed by atoms with Crippen molar-refractivity contribution in [3.63, 3.8) is 0 Å². The molecule has 0 aliphatic rings. The number of halogens is 1. The first-order valence-electron chi connectivity index (χ1n) is 3.60. The molecule has 0 fully saturated rings. The van der Waals surface area contributed by atoms with Gasteiger partial charge in [-0.05, 0) is 22.4 Å². The molecule has 2 N–H and O–H groups in total. The Kier molecular flexibility index (Phi) is 2.14. The van der Waals surface area contributed by atoms with Crippen LogP contribution in [0.15, 0.2) is 21.7 Å². The van der Waals surface area contributed by atoms with E-state index in [2.05, 4.69) is 25.1 Å². The molecule has 0 amide bonds. The molecule has 2 aromatic rings. The Morgan fingerprint density at radius 2 is 2.00 bits per heavy atom. The van der Waals surface area contributed by atoms with Crippen LogP contribution < -0.4 is 5.90 Å². The number of hydrogen-bond acceptors (Lipinski definition) is 7. The number of nitrogens with two attached hydrogens (primary N) is 1. The molecule has 7 nitrogen and oxygen atoms in total. The van der Waals surface area contributed by atoms with Crippen LogP contribution in [0.25, 0.3) is 11.0 Å². The van der Waals surface area contributed by atoms with Crippen LogP contribution in [-0.2, 0) is 14.4 Å². The van der Waals surface area contributed by atoms with Crippen molar-refractivity contribution < 1.29 is 21.7 Å². The summed E-state index contributed by atoms with van der Waals surface area (Å²) < 4.78 is 43.6. The highest BCUT2D eigenvalue weighted by Crippen LogP contribution is 2.22. The average molecular weight is 233 g/mol. The smallest absolute Gasteiger partial charge is 0.243 e. The quantitative estimate of drug-likeness (QED) is 0.723. The highest BCUT2D eigenvalue weighted by Gasteiger charge is 2.22. The number of fused-ring (bicyclic) bond motifs is 1. The molecule has 1 aromatic heterocycles. The molecular weight excluding hydrogens is 229 g/mol. The van der Waals surface area contributed by atoms with E-state index in [4.69, 9.17) is 0 Å². The van der Waals surface area contributed by atoms with Crippen molar-refractivity contribution in [2.45, 2.75) is 4.90 Å². The third-order valence-electron chi connectivity index (χ3n) is 1.73. The number of benzene rings is 1. The van der Waals surface area contributed by atoms with Gasteiger partial charge in [0.15, 0.2) is 16.9 Å². The molecule has 2 rings (SSSR count). The summed E-state index contributed by atoms with van der Waals surface area (Å²) in [4.78, 5) is -0.400. The third kappa shape index (κ3) is 1.46. The molecule has 0 radical (unpaired) electrons. The monoisotopic (exact) mass is 233 g/mol. The Hall–Kier alpha value is -1.58. The Morgan fingerprint density at radius 3 is 2.67 bits per heavy atom. The second-order valence-electron chi connectivity index (χ2n) is 2.56. The molecular formula is C6H4FN3O4S. The molecule has 1 aromatic carbocycles. The standard InChI is InChI=1S/C6H4FN3O4S/c7-3-1-2-4(15(11,12)13-8)6-5(3)9-14-10-6/h1-2H,8H2. The molecule has 0 saturated heterocycles. The summed E-state index contributed by atoms with van der Waals surface area (Å²) in [5, 5.41) is 6.46. The normalized spacial score (nSPS) is 12.1. The maximum absolute atomic E-state index is 13.1. The first kappa shape index (κ1) is 9.96. The van der Waals surface area contributed by atoms with E-state index in [0.29, 0.717) is 0 Å². The van der Waals surface area contributed by atoms with E-state index in [0.717, 1.165) is 12.1 Å². The van der Waals surface area contributed by atoms with Crippen LogP contribution in [0.3, 0.4) is 0 Å². The number of rotatable bonds is 2. The highest BCUT2D eigenvalue weighted by molar-refractivity contribution is 7.87. The molecule has 0 aliphatic heterocycles. The molecule has 0 atom stereocenters. The fourth-order valence-corrected chi connectivity index (χ4v) is 1.78. The van der Waals surface area contributed by atoms with Gasteiger partial charge in [-0.25, -0.2) is 9.02 Å². The minimum absolute atomic E-state index is 0.263. The van der Waals surface area contributed by atoms with Crippen LogP contribution in [0.1, 0.15) is 0 Å². The van der Waals surface area contributed by atoms with Gasteiger partial charge in [0.2, 0.25) is 0 Å². The van der Waals surface area contributed by atoms with Crippen molar-refractivity contribution in [2.75, 3.05) is 0 Å². The molecule has 80 valence electrons. The zero-order valence-electron chi connectivity index (χ0n) is 7.05. The van der Waals surface area contributed by atoms with Gasteiger partial charge in [-0.3, -0.25) is 0 Å². The van der Waals surface area contributed by atoms with Crippen LogP contribution in [0, 0.1) is 5.82 Å². The van der Waals surface area contributed by atoms with Gasteiger partial charge in [0, 0.05) is 0 Å². The summed E-state index contributed by atoms with van der Waals surface area (Å²) in [6.07, 6.45) is 0. The largest absolute Gasteiger partial charge is 0.315 e. The molecule has 9 heteroatoms. The van der Waals surface area contributed by atoms with Gasteiger partial charge in [0.25, 0.3) is 0 Å². The summed E-state index contributed by atoms with van der Waals surface area (Å²) in [6, 6.07) is 1.86. The lowest BCUT2D eigenvalue weighted by molar-refractivity contribution is 0.313. The van der Waals surface area contributed by atoms with Gasteiger partial charge in [-0.2, -0.15) is 18.6 Å². The van der Waals surface area contributed by atoms with E-state index in [1.54, 1.807) is 0 Å². The second kappa shape index (κ2) is 3.22. The molecule has 0 saturated carbocycles. The summed E-state index contributed by atoms with van der Waals surface area (Å²) in [5.74, 6) is 3.83. The summed E-state index contributed by atoms with van der Waals surface area (Å²) >= 11 is 0. The molecule has 15 heavy (non-hydrogen) atoms. The lowest BCUT2D eigenvalue weighted by Gasteiger charge is -1.99. The fourth-order valence-electron chi connectivity index (χ4n) is 1.07. The Morgan fingerprint density at radius 1 is 1.33 bits per heavy atom. The van der Waals surface area contributed by atoms with Gasteiger partial charge >= 0.3 is 10.1 Å². The van der Waals surface area contributed by atoms with Gasteiger partial charge in [-0.1, -0.05) is 0 Å². The Bertz CT molecular complexity index is 608. The topological polar surface area (TPSA) is 108 Å². The van der Waals surface area contributed by atoms with Crippen molar-refractivity contribution in [2.24, 2.45) is 5.90 Å². The predicted octanol–water partition coefficient (Wildman–Crippen LogP) is -0.0591. The SMILES string of the molecule is NOS(=O)(=O)c1ccc(F)c2nonc12. The summed E-state index contributed by atoms with van der Waals surface area (Å²) in [7, 11) is -4.16. The lowest BCUT2D eigenvalue weighted by Crippen LogP contribution is -2.11. The summed E-state index contributed by atoms with van der Waals surface area (Å²) in [5.41, 5.74) is -0.562. The van der Waals surface area contributed by atoms with E-state index < -0.39 is 20.8 Å². The molecule has 0 aliphatic carbocycles. The van der Waals surface area contributed by atoms with Crippen molar-refractivity contribution in [1.29, 1.82) is 0 Å². The van der Waals surface area contributed by atoms with E-state index >= 15 is 0 Å². The van der Waals surface area contributed by atoms with Crippen LogP contribution in [0.5, 0.6) is 0 Å². The fraction of sp³-hybridized carbons (Fsp3) is 0. The van der Waals surface area contributed by atoms with Gasteiger partial charge in [0.05, 0.1) is 0 Å². The van der Waals surface area contributed by atoms with Crippen LogP contribution >= 0.6 is 0 Å². The average Bonchev–Trinajstić information content (AvgIpc) is 2.67. The first-order valence-corrected chi connectivity index (χ1v) is 5.01. The zero-order chi connectivity index (χ0) is 11.1. The second-order valence-corrected chi connectivity index (χ2v) is 4.10. The van der Waals surface area contributed by atoms with Crippen LogP contribution in [-0.4, -0.2) is 18.7 Å². The maximum atomic E-state index is 13.1. The predicted molar refractivity (Wildman–Crippen MR) is 44.2 cm³/mol. The Balaban J connectivity index is 2.84. The van der Waals surface area contributed by atoms with Gasteiger partial charge in [-0.15, -0.1) is 0 Å². The maximum Gasteiger partial charge on any atom is 0.315 e. The van der Waals surface area contributed by atoms with Crippen LogP contribution in [0.4, 0.5) is 4.39 Å². The molecule has 0 bridgehead atoms. The summed E-state index contributed by atoms with van der Waals surface area (Å²) in [6.45, 7) is 0. The van der Waals surface area contributed by atoms with Crippen molar-refractivity contribution >= 4 is 21.2 Å². The van der Waals surface area contributed by atoms with Crippen molar-refractivity contribution in [3.05, 3.63) is 17.9 Å². The number of aromatic nitrogens is 2. The first-order chi connectivity index (χ1) is 7.06. The van der Waals surface area contributed by atoms with Gasteiger partial charge in [0.1, 0.15) is 4.90 Å². The Labute approximate surface area is 82.7 Å². The molecule has 1 heterocycles. The van der Waals surface area contributed by atoms with Gasteiger partial charge < -0.3 is 0 Å².